The molecule has 114 valence electrons. The Balaban J connectivity index is 1.46. The van der Waals surface area contributed by atoms with Gasteiger partial charge in [0.2, 0.25) is 0 Å². The van der Waals surface area contributed by atoms with Crippen LogP contribution in [-0.4, -0.2) is 31.7 Å². The fourth-order valence-electron chi connectivity index (χ4n) is 3.17. The Morgan fingerprint density at radius 2 is 2.14 bits per heavy atom. The third-order valence-electron chi connectivity index (χ3n) is 4.40. The van der Waals surface area contributed by atoms with E-state index in [1.807, 2.05) is 12.1 Å². The molecule has 0 aromatic heterocycles. The van der Waals surface area contributed by atoms with Crippen LogP contribution in [0.15, 0.2) is 18.2 Å². The summed E-state index contributed by atoms with van der Waals surface area (Å²) in [5.74, 6) is -0.00149. The fourth-order valence-corrected chi connectivity index (χ4v) is 3.17. The van der Waals surface area contributed by atoms with Crippen LogP contribution in [0.25, 0.3) is 0 Å². The van der Waals surface area contributed by atoms with Gasteiger partial charge in [0.1, 0.15) is 0 Å². The molecule has 2 aliphatic rings. The van der Waals surface area contributed by atoms with Gasteiger partial charge in [-0.1, -0.05) is 18.9 Å². The minimum atomic E-state index is -0.00149. The molecule has 1 aliphatic heterocycles. The Labute approximate surface area is 126 Å². The van der Waals surface area contributed by atoms with Crippen LogP contribution >= 0.6 is 0 Å². The van der Waals surface area contributed by atoms with Gasteiger partial charge in [0, 0.05) is 18.7 Å². The predicted molar refractivity (Wildman–Crippen MR) is 82.4 cm³/mol. The Morgan fingerprint density at radius 3 is 3.00 bits per heavy atom. The highest BCUT2D eigenvalue weighted by molar-refractivity contribution is 5.94. The van der Waals surface area contributed by atoms with Gasteiger partial charge in [-0.15, -0.1) is 0 Å². The van der Waals surface area contributed by atoms with Crippen molar-refractivity contribution in [1.82, 2.24) is 10.6 Å². The topological polar surface area (TPSA) is 50.4 Å². The number of hydrogen-bond acceptors (Lipinski definition) is 3. The molecule has 1 aromatic carbocycles. The van der Waals surface area contributed by atoms with Crippen molar-refractivity contribution in [3.63, 3.8) is 0 Å². The maximum atomic E-state index is 12.1. The summed E-state index contributed by atoms with van der Waals surface area (Å²) in [4.78, 5) is 12.1. The van der Waals surface area contributed by atoms with E-state index < -0.39 is 0 Å². The molecule has 0 saturated heterocycles. The normalized spacial score (nSPS) is 18.5. The van der Waals surface area contributed by atoms with Crippen molar-refractivity contribution in [2.24, 2.45) is 0 Å². The Morgan fingerprint density at radius 1 is 1.29 bits per heavy atom. The molecule has 1 aromatic rings. The number of rotatable bonds is 5. The zero-order valence-corrected chi connectivity index (χ0v) is 12.5. The number of fused-ring (bicyclic) bond motifs is 1. The first-order chi connectivity index (χ1) is 10.3. The average Bonchev–Trinajstić information content (AvgIpc) is 3.04. The summed E-state index contributed by atoms with van der Waals surface area (Å²) < 4.78 is 5.76. The second-order valence-corrected chi connectivity index (χ2v) is 5.94. The molecule has 0 atom stereocenters. The Kier molecular flexibility index (Phi) is 4.88. The van der Waals surface area contributed by atoms with Crippen LogP contribution < -0.4 is 10.6 Å². The SMILES string of the molecule is O=C(NCCOC1CCCC1)c1ccc2c(c1)CNCC2. The van der Waals surface area contributed by atoms with Gasteiger partial charge in [0.25, 0.3) is 5.91 Å². The van der Waals surface area contributed by atoms with Gasteiger partial charge in [0.05, 0.1) is 12.7 Å². The van der Waals surface area contributed by atoms with Crippen LogP contribution in [0.2, 0.25) is 0 Å². The summed E-state index contributed by atoms with van der Waals surface area (Å²) in [6, 6.07) is 6.02. The highest BCUT2D eigenvalue weighted by atomic mass is 16.5. The summed E-state index contributed by atoms with van der Waals surface area (Å²) in [5, 5.41) is 6.28. The smallest absolute Gasteiger partial charge is 0.251 e. The molecule has 2 N–H and O–H groups in total. The Bertz CT molecular complexity index is 496. The Hall–Kier alpha value is -1.39. The van der Waals surface area contributed by atoms with Crippen molar-refractivity contribution in [1.29, 1.82) is 0 Å². The summed E-state index contributed by atoms with van der Waals surface area (Å²) in [5.41, 5.74) is 3.35. The lowest BCUT2D eigenvalue weighted by atomic mass is 9.98. The number of carbonyl (C=O) groups excluding carboxylic acids is 1. The van der Waals surface area contributed by atoms with Crippen molar-refractivity contribution in [2.45, 2.75) is 44.8 Å². The molecule has 1 aliphatic carbocycles. The largest absolute Gasteiger partial charge is 0.376 e. The summed E-state index contributed by atoms with van der Waals surface area (Å²) in [7, 11) is 0. The number of nitrogens with one attached hydrogen (secondary N) is 2. The summed E-state index contributed by atoms with van der Waals surface area (Å²) in [6.07, 6.45) is 6.36. The molecule has 0 unspecified atom stereocenters. The number of hydrogen-bond donors (Lipinski definition) is 2. The van der Waals surface area contributed by atoms with Gasteiger partial charge in [0.15, 0.2) is 0 Å². The highest BCUT2D eigenvalue weighted by Crippen LogP contribution is 2.20. The van der Waals surface area contributed by atoms with Gasteiger partial charge in [-0.2, -0.15) is 0 Å². The molecule has 1 saturated carbocycles. The van der Waals surface area contributed by atoms with Crippen molar-refractivity contribution in [3.05, 3.63) is 34.9 Å². The second kappa shape index (κ2) is 7.05. The van der Waals surface area contributed by atoms with Crippen LogP contribution in [0.5, 0.6) is 0 Å². The van der Waals surface area contributed by atoms with E-state index in [0.29, 0.717) is 19.3 Å². The molecule has 0 bridgehead atoms. The molecule has 4 nitrogen and oxygen atoms in total. The molecule has 1 heterocycles. The minimum absolute atomic E-state index is 0.00149. The molecule has 1 amide bonds. The summed E-state index contributed by atoms with van der Waals surface area (Å²) >= 11 is 0. The molecule has 21 heavy (non-hydrogen) atoms. The van der Waals surface area contributed by atoms with Crippen LogP contribution in [0.3, 0.4) is 0 Å². The first-order valence-electron chi connectivity index (χ1n) is 8.05. The van der Waals surface area contributed by atoms with E-state index in [2.05, 4.69) is 16.7 Å². The lowest BCUT2D eigenvalue weighted by Gasteiger charge is -2.17. The predicted octanol–water partition coefficient (Wildman–Crippen LogP) is 2.02. The zero-order chi connectivity index (χ0) is 14.5. The maximum Gasteiger partial charge on any atom is 0.251 e. The first-order valence-corrected chi connectivity index (χ1v) is 8.05. The van der Waals surface area contributed by atoms with Crippen LogP contribution in [0.4, 0.5) is 0 Å². The van der Waals surface area contributed by atoms with E-state index >= 15 is 0 Å². The number of carbonyl (C=O) groups is 1. The second-order valence-electron chi connectivity index (χ2n) is 5.94. The lowest BCUT2D eigenvalue weighted by Crippen LogP contribution is -2.29. The van der Waals surface area contributed by atoms with Crippen LogP contribution in [0, 0.1) is 0 Å². The third kappa shape index (κ3) is 3.83. The fraction of sp³-hybridized carbons (Fsp3) is 0.588. The molecule has 1 fully saturated rings. The molecule has 0 radical (unpaired) electrons. The molecular formula is C17H24N2O2. The zero-order valence-electron chi connectivity index (χ0n) is 12.5. The number of amides is 1. The van der Waals surface area contributed by atoms with E-state index in [9.17, 15) is 4.79 Å². The van der Waals surface area contributed by atoms with Crippen molar-refractivity contribution >= 4 is 5.91 Å². The highest BCUT2D eigenvalue weighted by Gasteiger charge is 2.15. The standard InChI is InChI=1S/C17H24N2O2/c20-17(19-9-10-21-16-3-1-2-4-16)14-6-5-13-7-8-18-12-15(13)11-14/h5-6,11,16,18H,1-4,7-10,12H2,(H,19,20). The number of benzene rings is 1. The van der Waals surface area contributed by atoms with Gasteiger partial charge >= 0.3 is 0 Å². The monoisotopic (exact) mass is 288 g/mol. The summed E-state index contributed by atoms with van der Waals surface area (Å²) in [6.45, 7) is 3.09. The molecule has 3 rings (SSSR count). The third-order valence-corrected chi connectivity index (χ3v) is 4.40. The minimum Gasteiger partial charge on any atom is -0.376 e. The van der Waals surface area contributed by atoms with E-state index in [-0.39, 0.29) is 5.91 Å². The molecule has 4 heteroatoms. The van der Waals surface area contributed by atoms with Gasteiger partial charge in [-0.3, -0.25) is 4.79 Å². The van der Waals surface area contributed by atoms with Crippen LogP contribution in [-0.2, 0) is 17.7 Å². The quantitative estimate of drug-likeness (QED) is 0.815. The average molecular weight is 288 g/mol. The van der Waals surface area contributed by atoms with Crippen molar-refractivity contribution in [3.8, 4) is 0 Å². The first kappa shape index (κ1) is 14.5. The van der Waals surface area contributed by atoms with Crippen molar-refractivity contribution < 1.29 is 9.53 Å². The van der Waals surface area contributed by atoms with E-state index in [1.165, 1.54) is 36.8 Å². The van der Waals surface area contributed by atoms with Crippen LogP contribution in [0.1, 0.15) is 47.2 Å². The molecule has 0 spiro atoms. The molecular weight excluding hydrogens is 264 g/mol. The van der Waals surface area contributed by atoms with Gasteiger partial charge in [-0.25, -0.2) is 0 Å². The van der Waals surface area contributed by atoms with Gasteiger partial charge in [-0.05, 0) is 49.1 Å². The van der Waals surface area contributed by atoms with E-state index in [4.69, 9.17) is 4.74 Å². The maximum absolute atomic E-state index is 12.1. The van der Waals surface area contributed by atoms with E-state index in [0.717, 1.165) is 25.1 Å². The van der Waals surface area contributed by atoms with Gasteiger partial charge < -0.3 is 15.4 Å². The van der Waals surface area contributed by atoms with Crippen molar-refractivity contribution in [2.75, 3.05) is 19.7 Å². The van der Waals surface area contributed by atoms with E-state index in [1.54, 1.807) is 0 Å². The lowest BCUT2D eigenvalue weighted by molar-refractivity contribution is 0.0582. The number of ether oxygens (including phenoxy) is 1.